The number of nitrogens with zero attached hydrogens (tertiary/aromatic N) is 1. The average Bonchev–Trinajstić information content (AvgIpc) is 2.50. The molecule has 0 aliphatic carbocycles. The fraction of sp³-hybridized carbons (Fsp3) is 0.235. The molecule has 0 fully saturated rings. The Labute approximate surface area is 130 Å². The summed E-state index contributed by atoms with van der Waals surface area (Å²) in [6.07, 6.45) is 0. The minimum Gasteiger partial charge on any atom is -0.355 e. The molecule has 0 saturated carbocycles. The number of hydrogen-bond acceptors (Lipinski definition) is 2. The van der Waals surface area contributed by atoms with E-state index in [0.29, 0.717) is 17.1 Å². The highest BCUT2D eigenvalue weighted by Gasteiger charge is 2.16. The number of amides is 1. The van der Waals surface area contributed by atoms with E-state index in [1.54, 1.807) is 18.0 Å². The number of hydrogen-bond donors (Lipinski definition) is 1. The Morgan fingerprint density at radius 2 is 1.90 bits per heavy atom. The van der Waals surface area contributed by atoms with Crippen LogP contribution in [0.5, 0.6) is 0 Å². The van der Waals surface area contributed by atoms with Gasteiger partial charge in [0.2, 0.25) is 0 Å². The van der Waals surface area contributed by atoms with Gasteiger partial charge in [-0.1, -0.05) is 29.8 Å². The normalized spacial score (nSPS) is 10.3. The van der Waals surface area contributed by atoms with Crippen molar-refractivity contribution in [3.05, 3.63) is 58.6 Å². The van der Waals surface area contributed by atoms with E-state index in [1.807, 2.05) is 50.2 Å². The average molecular weight is 303 g/mol. The maximum atomic E-state index is 12.4. The van der Waals surface area contributed by atoms with Crippen LogP contribution in [0.3, 0.4) is 0 Å². The van der Waals surface area contributed by atoms with Crippen molar-refractivity contribution in [3.8, 4) is 0 Å². The first-order chi connectivity index (χ1) is 10.0. The molecule has 0 unspecified atom stereocenters. The first kappa shape index (κ1) is 15.4. The number of carbonyl (C=O) groups is 1. The summed E-state index contributed by atoms with van der Waals surface area (Å²) in [6, 6.07) is 13.4. The zero-order chi connectivity index (χ0) is 15.4. The topological polar surface area (TPSA) is 32.3 Å². The fourth-order valence-corrected chi connectivity index (χ4v) is 2.28. The lowest BCUT2D eigenvalue weighted by Crippen LogP contribution is -2.27. The van der Waals surface area contributed by atoms with E-state index in [0.717, 1.165) is 16.9 Å². The molecule has 21 heavy (non-hydrogen) atoms. The zero-order valence-electron chi connectivity index (χ0n) is 12.5. The third-order valence-electron chi connectivity index (χ3n) is 3.48. The molecule has 0 spiro atoms. The molecule has 0 aliphatic rings. The number of para-hydroxylation sites is 1. The van der Waals surface area contributed by atoms with Gasteiger partial charge in [-0.05, 0) is 43.7 Å². The van der Waals surface area contributed by atoms with Crippen LogP contribution in [-0.2, 0) is 0 Å². The molecule has 0 aliphatic heterocycles. The lowest BCUT2D eigenvalue weighted by atomic mass is 10.0. The van der Waals surface area contributed by atoms with Crippen LogP contribution in [0, 0.1) is 6.92 Å². The highest BCUT2D eigenvalue weighted by molar-refractivity contribution is 6.31. The largest absolute Gasteiger partial charge is 0.355 e. The van der Waals surface area contributed by atoms with Crippen molar-refractivity contribution in [2.45, 2.75) is 13.8 Å². The van der Waals surface area contributed by atoms with E-state index < -0.39 is 0 Å². The highest BCUT2D eigenvalue weighted by atomic mass is 35.5. The van der Waals surface area contributed by atoms with Gasteiger partial charge in [-0.3, -0.25) is 4.79 Å². The summed E-state index contributed by atoms with van der Waals surface area (Å²) in [6.45, 7) is 4.53. The van der Waals surface area contributed by atoms with E-state index in [2.05, 4.69) is 5.32 Å². The van der Waals surface area contributed by atoms with Crippen LogP contribution in [0.15, 0.2) is 42.5 Å². The van der Waals surface area contributed by atoms with Crippen molar-refractivity contribution >= 4 is 28.9 Å². The number of rotatable bonds is 4. The zero-order valence-corrected chi connectivity index (χ0v) is 13.2. The summed E-state index contributed by atoms with van der Waals surface area (Å²) >= 11 is 6.17. The van der Waals surface area contributed by atoms with Gasteiger partial charge in [-0.2, -0.15) is 0 Å². The molecular formula is C17H19ClN2O. The molecule has 1 N–H and O–H groups in total. The van der Waals surface area contributed by atoms with Crippen LogP contribution < -0.4 is 5.32 Å². The van der Waals surface area contributed by atoms with Crippen LogP contribution in [0.1, 0.15) is 22.8 Å². The van der Waals surface area contributed by atoms with Crippen molar-refractivity contribution in [1.82, 2.24) is 4.90 Å². The van der Waals surface area contributed by atoms with Crippen LogP contribution in [0.2, 0.25) is 5.02 Å². The van der Waals surface area contributed by atoms with Gasteiger partial charge in [0.25, 0.3) is 5.91 Å². The fourth-order valence-electron chi connectivity index (χ4n) is 2.06. The van der Waals surface area contributed by atoms with E-state index in [-0.39, 0.29) is 5.91 Å². The Kier molecular flexibility index (Phi) is 4.86. The van der Waals surface area contributed by atoms with Crippen molar-refractivity contribution in [1.29, 1.82) is 0 Å². The lowest BCUT2D eigenvalue weighted by molar-refractivity contribution is 0.0802. The molecule has 0 heterocycles. The minimum atomic E-state index is -0.0198. The second-order valence-electron chi connectivity index (χ2n) is 4.94. The SMILES string of the molecule is CCN(C)C(=O)c1cc(Cl)cc(Nc2ccccc2)c1C. The van der Waals surface area contributed by atoms with Gasteiger partial charge >= 0.3 is 0 Å². The molecule has 2 aromatic rings. The highest BCUT2D eigenvalue weighted by Crippen LogP contribution is 2.28. The Morgan fingerprint density at radius 1 is 1.24 bits per heavy atom. The number of anilines is 2. The molecule has 1 amide bonds. The summed E-state index contributed by atoms with van der Waals surface area (Å²) in [5, 5.41) is 3.86. The number of benzene rings is 2. The summed E-state index contributed by atoms with van der Waals surface area (Å²) in [4.78, 5) is 14.1. The van der Waals surface area contributed by atoms with Gasteiger partial charge in [0.05, 0.1) is 0 Å². The molecule has 2 rings (SSSR count). The smallest absolute Gasteiger partial charge is 0.253 e. The summed E-state index contributed by atoms with van der Waals surface area (Å²) in [7, 11) is 1.78. The predicted molar refractivity (Wildman–Crippen MR) is 88.5 cm³/mol. The number of carbonyl (C=O) groups excluding carboxylic acids is 1. The second kappa shape index (κ2) is 6.64. The van der Waals surface area contributed by atoms with E-state index >= 15 is 0 Å². The van der Waals surface area contributed by atoms with Crippen molar-refractivity contribution in [2.75, 3.05) is 18.9 Å². The Morgan fingerprint density at radius 3 is 2.52 bits per heavy atom. The molecule has 0 saturated heterocycles. The minimum absolute atomic E-state index is 0.0198. The van der Waals surface area contributed by atoms with Gasteiger partial charge in [-0.25, -0.2) is 0 Å². The van der Waals surface area contributed by atoms with E-state index in [4.69, 9.17) is 11.6 Å². The Hall–Kier alpha value is -2.00. The third kappa shape index (κ3) is 3.56. The first-order valence-corrected chi connectivity index (χ1v) is 7.28. The molecule has 0 atom stereocenters. The first-order valence-electron chi connectivity index (χ1n) is 6.90. The Balaban J connectivity index is 2.39. The van der Waals surface area contributed by atoms with Gasteiger partial charge in [0.15, 0.2) is 0 Å². The van der Waals surface area contributed by atoms with Gasteiger partial charge in [-0.15, -0.1) is 0 Å². The molecule has 0 radical (unpaired) electrons. The lowest BCUT2D eigenvalue weighted by Gasteiger charge is -2.19. The second-order valence-corrected chi connectivity index (χ2v) is 5.37. The monoisotopic (exact) mass is 302 g/mol. The van der Waals surface area contributed by atoms with Crippen LogP contribution in [0.4, 0.5) is 11.4 Å². The van der Waals surface area contributed by atoms with Crippen LogP contribution in [-0.4, -0.2) is 24.4 Å². The maximum absolute atomic E-state index is 12.4. The maximum Gasteiger partial charge on any atom is 0.253 e. The van der Waals surface area contributed by atoms with E-state index in [9.17, 15) is 4.79 Å². The number of nitrogens with one attached hydrogen (secondary N) is 1. The molecule has 2 aromatic carbocycles. The molecule has 0 aromatic heterocycles. The summed E-state index contributed by atoms with van der Waals surface area (Å²) in [5.74, 6) is -0.0198. The molecule has 3 nitrogen and oxygen atoms in total. The van der Waals surface area contributed by atoms with Crippen molar-refractivity contribution in [3.63, 3.8) is 0 Å². The van der Waals surface area contributed by atoms with Crippen LogP contribution in [0.25, 0.3) is 0 Å². The number of halogens is 1. The summed E-state index contributed by atoms with van der Waals surface area (Å²) < 4.78 is 0. The van der Waals surface area contributed by atoms with Crippen LogP contribution >= 0.6 is 11.6 Å². The molecular weight excluding hydrogens is 284 g/mol. The quantitative estimate of drug-likeness (QED) is 0.903. The van der Waals surface area contributed by atoms with Crippen molar-refractivity contribution < 1.29 is 4.79 Å². The van der Waals surface area contributed by atoms with Gasteiger partial charge in [0, 0.05) is 35.6 Å². The Bertz CT molecular complexity index is 641. The van der Waals surface area contributed by atoms with E-state index in [1.165, 1.54) is 0 Å². The predicted octanol–water partition coefficient (Wildman–Crippen LogP) is 4.48. The molecule has 110 valence electrons. The molecule has 0 bridgehead atoms. The summed E-state index contributed by atoms with van der Waals surface area (Å²) in [5.41, 5.74) is 3.34. The van der Waals surface area contributed by atoms with Crippen molar-refractivity contribution in [2.24, 2.45) is 0 Å². The van der Waals surface area contributed by atoms with Gasteiger partial charge in [0.1, 0.15) is 0 Å². The van der Waals surface area contributed by atoms with Gasteiger partial charge < -0.3 is 10.2 Å². The standard InChI is InChI=1S/C17H19ClN2O/c1-4-20(3)17(21)15-10-13(18)11-16(12(15)2)19-14-8-6-5-7-9-14/h5-11,19H,4H2,1-3H3. The molecule has 4 heteroatoms. The third-order valence-corrected chi connectivity index (χ3v) is 3.69.